The number of nitrogens with zero attached hydrogens (tertiary/aromatic N) is 1. The Balaban J connectivity index is 4.20. The summed E-state index contributed by atoms with van der Waals surface area (Å²) in [6.45, 7) is 4.34. The molecule has 2 atom stereocenters. The molecule has 0 bridgehead atoms. The predicted octanol–water partition coefficient (Wildman–Crippen LogP) is 13.2. The van der Waals surface area contributed by atoms with Gasteiger partial charge in [-0.2, -0.15) is 0 Å². The second kappa shape index (κ2) is 40.9. The lowest BCUT2D eigenvalue weighted by atomic mass is 10.0. The summed E-state index contributed by atoms with van der Waals surface area (Å²) in [5.41, 5.74) is 0. The number of hydrogen-bond donors (Lipinski definition) is 1. The Labute approximate surface area is 339 Å². The number of carbonyl (C=O) groups excluding carboxylic acids is 2. The maximum atomic E-state index is 12.6. The van der Waals surface area contributed by atoms with E-state index in [1.165, 1.54) is 154 Å². The van der Waals surface area contributed by atoms with E-state index in [0.717, 1.165) is 32.1 Å². The van der Waals surface area contributed by atoms with Crippen molar-refractivity contribution in [1.82, 2.24) is 4.90 Å². The zero-order valence-corrected chi connectivity index (χ0v) is 37.3. The van der Waals surface area contributed by atoms with Crippen LogP contribution >= 0.6 is 7.82 Å². The molecule has 0 heterocycles. The molecule has 0 saturated heterocycles. The standard InChI is InChI=1S/C45H88NO8P/c1-5-7-9-11-13-15-17-19-20-21-22-23-24-26-27-29-31-33-35-37-44(47)51-41-43(42-53-55(49,50)52-40-39-46(3)4)54-45(48)38-36-34-32-30-28-25-18-16-14-12-10-8-6-2/h19-20,43H,5-18,21-42H2,1-4H3,(H,49,50)/b20-19-. The molecule has 0 radical (unpaired) electrons. The van der Waals surface area contributed by atoms with Crippen LogP contribution in [0.2, 0.25) is 0 Å². The quantitative estimate of drug-likeness (QED) is 0.0279. The van der Waals surface area contributed by atoms with Gasteiger partial charge in [0.15, 0.2) is 6.10 Å². The number of ether oxygens (including phenoxy) is 2. The van der Waals surface area contributed by atoms with Gasteiger partial charge in [-0.3, -0.25) is 18.6 Å². The normalized spacial score (nSPS) is 13.4. The SMILES string of the molecule is CCCCCCCC/C=C\CCCCCCCCCCCC(=O)OCC(COP(=O)(O)OCCN(C)C)OC(=O)CCCCCCCCCCCCCCC. The Morgan fingerprint density at radius 1 is 0.545 bits per heavy atom. The van der Waals surface area contributed by atoms with Gasteiger partial charge in [0.25, 0.3) is 0 Å². The lowest BCUT2D eigenvalue weighted by Crippen LogP contribution is -2.29. The molecule has 0 amide bonds. The highest BCUT2D eigenvalue weighted by molar-refractivity contribution is 7.47. The average molecular weight is 802 g/mol. The van der Waals surface area contributed by atoms with Gasteiger partial charge in [0.1, 0.15) is 6.61 Å². The molecule has 0 spiro atoms. The summed E-state index contributed by atoms with van der Waals surface area (Å²) in [6, 6.07) is 0. The van der Waals surface area contributed by atoms with E-state index in [0.29, 0.717) is 19.4 Å². The van der Waals surface area contributed by atoms with Crippen LogP contribution in [0.1, 0.15) is 219 Å². The first-order valence-corrected chi connectivity index (χ1v) is 24.5. The monoisotopic (exact) mass is 802 g/mol. The average Bonchev–Trinajstić information content (AvgIpc) is 3.15. The zero-order chi connectivity index (χ0) is 40.5. The summed E-state index contributed by atoms with van der Waals surface area (Å²) in [5, 5.41) is 0. The number of phosphoric ester groups is 1. The minimum Gasteiger partial charge on any atom is -0.462 e. The number of carbonyl (C=O) groups is 2. The third-order valence-corrected chi connectivity index (χ3v) is 11.1. The summed E-state index contributed by atoms with van der Waals surface area (Å²) in [5.74, 6) is -0.794. The van der Waals surface area contributed by atoms with Crippen molar-refractivity contribution in [2.24, 2.45) is 0 Å². The van der Waals surface area contributed by atoms with Crippen molar-refractivity contribution < 1.29 is 37.6 Å². The molecular formula is C45H88NO8P. The highest BCUT2D eigenvalue weighted by atomic mass is 31.2. The molecule has 1 N–H and O–H groups in total. The molecule has 326 valence electrons. The highest BCUT2D eigenvalue weighted by Gasteiger charge is 2.26. The van der Waals surface area contributed by atoms with E-state index in [2.05, 4.69) is 26.0 Å². The largest absolute Gasteiger partial charge is 0.472 e. The Kier molecular flexibility index (Phi) is 40.0. The highest BCUT2D eigenvalue weighted by Crippen LogP contribution is 2.43. The molecule has 0 saturated carbocycles. The van der Waals surface area contributed by atoms with Crippen LogP contribution in [0.15, 0.2) is 12.2 Å². The zero-order valence-electron chi connectivity index (χ0n) is 36.4. The minimum atomic E-state index is -4.36. The molecule has 55 heavy (non-hydrogen) atoms. The molecule has 9 nitrogen and oxygen atoms in total. The van der Waals surface area contributed by atoms with Crippen LogP contribution in [0.5, 0.6) is 0 Å². The first-order valence-electron chi connectivity index (χ1n) is 23.0. The van der Waals surface area contributed by atoms with Crippen molar-refractivity contribution in [3.05, 3.63) is 12.2 Å². The molecule has 0 fully saturated rings. The number of esters is 2. The van der Waals surface area contributed by atoms with E-state index < -0.39 is 26.5 Å². The summed E-state index contributed by atoms with van der Waals surface area (Å²) >= 11 is 0. The Morgan fingerprint density at radius 2 is 0.927 bits per heavy atom. The molecule has 0 aliphatic heterocycles. The van der Waals surface area contributed by atoms with Gasteiger partial charge in [-0.25, -0.2) is 4.57 Å². The van der Waals surface area contributed by atoms with Crippen LogP contribution in [0.25, 0.3) is 0 Å². The molecule has 0 aliphatic carbocycles. The molecule has 10 heteroatoms. The Morgan fingerprint density at radius 3 is 1.35 bits per heavy atom. The van der Waals surface area contributed by atoms with Crippen molar-refractivity contribution in [2.45, 2.75) is 225 Å². The van der Waals surface area contributed by atoms with Gasteiger partial charge in [0.2, 0.25) is 0 Å². The molecule has 0 rings (SSSR count). The van der Waals surface area contributed by atoms with Gasteiger partial charge >= 0.3 is 19.8 Å². The summed E-state index contributed by atoms with van der Waals surface area (Å²) in [4.78, 5) is 37.0. The number of allylic oxidation sites excluding steroid dienone is 2. The van der Waals surface area contributed by atoms with Gasteiger partial charge in [-0.05, 0) is 52.6 Å². The number of hydrogen-bond acceptors (Lipinski definition) is 8. The van der Waals surface area contributed by atoms with Crippen molar-refractivity contribution >= 4 is 19.8 Å². The molecule has 0 aliphatic rings. The van der Waals surface area contributed by atoms with Crippen LogP contribution < -0.4 is 0 Å². The first kappa shape index (κ1) is 53.8. The van der Waals surface area contributed by atoms with Gasteiger partial charge in [0.05, 0.1) is 13.2 Å². The van der Waals surface area contributed by atoms with Crippen molar-refractivity contribution in [3.8, 4) is 0 Å². The van der Waals surface area contributed by atoms with Crippen molar-refractivity contribution in [1.29, 1.82) is 0 Å². The van der Waals surface area contributed by atoms with E-state index >= 15 is 0 Å². The fourth-order valence-corrected chi connectivity index (χ4v) is 7.25. The first-order chi connectivity index (χ1) is 26.7. The lowest BCUT2D eigenvalue weighted by Gasteiger charge is -2.20. The minimum absolute atomic E-state index is 0.0104. The summed E-state index contributed by atoms with van der Waals surface area (Å²) in [7, 11) is -0.702. The predicted molar refractivity (Wildman–Crippen MR) is 229 cm³/mol. The van der Waals surface area contributed by atoms with Crippen LogP contribution in [0, 0.1) is 0 Å². The van der Waals surface area contributed by atoms with Gasteiger partial charge < -0.3 is 19.3 Å². The molecule has 0 aromatic heterocycles. The van der Waals surface area contributed by atoms with Gasteiger partial charge in [-0.15, -0.1) is 0 Å². The second-order valence-electron chi connectivity index (χ2n) is 15.9. The smallest absolute Gasteiger partial charge is 0.462 e. The third kappa shape index (κ3) is 42.2. The van der Waals surface area contributed by atoms with E-state index in [1.807, 2.05) is 19.0 Å². The van der Waals surface area contributed by atoms with Crippen LogP contribution in [0.4, 0.5) is 0 Å². The van der Waals surface area contributed by atoms with E-state index in [-0.39, 0.29) is 25.6 Å². The lowest BCUT2D eigenvalue weighted by molar-refractivity contribution is -0.161. The summed E-state index contributed by atoms with van der Waals surface area (Å²) < 4.78 is 33.5. The fraction of sp³-hybridized carbons (Fsp3) is 0.911. The topological polar surface area (TPSA) is 112 Å². The Bertz CT molecular complexity index is 931. The summed E-state index contributed by atoms with van der Waals surface area (Å²) in [6.07, 6.45) is 41.1. The number of rotatable bonds is 43. The number of phosphoric acid groups is 1. The van der Waals surface area contributed by atoms with Gasteiger partial charge in [0, 0.05) is 19.4 Å². The molecule has 0 aromatic rings. The molecule has 0 aromatic carbocycles. The van der Waals surface area contributed by atoms with E-state index in [9.17, 15) is 19.0 Å². The van der Waals surface area contributed by atoms with Crippen molar-refractivity contribution in [2.75, 3.05) is 40.5 Å². The van der Waals surface area contributed by atoms with Gasteiger partial charge in [-0.1, -0.05) is 180 Å². The number of likely N-dealkylation sites (N-methyl/N-ethyl adjacent to an activating group) is 1. The van der Waals surface area contributed by atoms with Crippen LogP contribution in [-0.2, 0) is 32.7 Å². The van der Waals surface area contributed by atoms with Crippen molar-refractivity contribution in [3.63, 3.8) is 0 Å². The third-order valence-electron chi connectivity index (χ3n) is 10.1. The maximum absolute atomic E-state index is 12.6. The van der Waals surface area contributed by atoms with E-state index in [4.69, 9.17) is 18.5 Å². The Hall–Kier alpha value is -1.25. The maximum Gasteiger partial charge on any atom is 0.472 e. The second-order valence-corrected chi connectivity index (χ2v) is 17.4. The fourth-order valence-electron chi connectivity index (χ4n) is 6.51. The molecule has 2 unspecified atom stereocenters. The van der Waals surface area contributed by atoms with Crippen LogP contribution in [-0.4, -0.2) is 68.3 Å². The molecular weight excluding hydrogens is 713 g/mol. The van der Waals surface area contributed by atoms with E-state index in [1.54, 1.807) is 0 Å². The van der Waals surface area contributed by atoms with Crippen LogP contribution in [0.3, 0.4) is 0 Å². The number of unbranched alkanes of at least 4 members (excludes halogenated alkanes) is 27.